The molecule has 0 spiro atoms. The number of amides is 2. The maximum Gasteiger partial charge on any atom is 0.321 e. The van der Waals surface area contributed by atoms with Crippen LogP contribution in [0.15, 0.2) is 53.1 Å². The molecule has 4 rings (SSSR count). The van der Waals surface area contributed by atoms with Gasteiger partial charge in [-0.05, 0) is 61.4 Å². The van der Waals surface area contributed by atoms with Gasteiger partial charge in [0, 0.05) is 24.3 Å². The van der Waals surface area contributed by atoms with E-state index in [9.17, 15) is 13.6 Å². The van der Waals surface area contributed by atoms with E-state index in [0.717, 1.165) is 12.8 Å². The molecule has 1 aliphatic rings. The lowest BCUT2D eigenvalue weighted by atomic mass is 9.98. The van der Waals surface area contributed by atoms with Crippen molar-refractivity contribution < 1.29 is 18.1 Å². The van der Waals surface area contributed by atoms with E-state index in [0.29, 0.717) is 36.1 Å². The summed E-state index contributed by atoms with van der Waals surface area (Å²) in [5.41, 5.74) is 1.20. The van der Waals surface area contributed by atoms with E-state index in [4.69, 9.17) is 4.52 Å². The summed E-state index contributed by atoms with van der Waals surface area (Å²) in [6.45, 7) is 1.06. The maximum absolute atomic E-state index is 13.1. The van der Waals surface area contributed by atoms with Gasteiger partial charge in [0.2, 0.25) is 11.7 Å². The van der Waals surface area contributed by atoms with Crippen molar-refractivity contribution in [2.24, 2.45) is 0 Å². The standard InChI is InChI=1S/C20H18F2N4O2/c21-15-5-3-13(4-6-15)18-24-19(28-25-18)14-2-1-11-26(12-14)20(27)23-17-9-7-16(22)8-10-17/h3-10,14H,1-2,11-12H2,(H,23,27). The summed E-state index contributed by atoms with van der Waals surface area (Å²) < 4.78 is 31.5. The first-order valence-electron chi connectivity index (χ1n) is 8.99. The molecule has 1 aromatic heterocycles. The van der Waals surface area contributed by atoms with E-state index >= 15 is 0 Å². The molecule has 1 atom stereocenters. The van der Waals surface area contributed by atoms with Crippen LogP contribution in [0, 0.1) is 11.6 Å². The Balaban J connectivity index is 1.43. The number of piperidine rings is 1. The Morgan fingerprint density at radius 2 is 1.75 bits per heavy atom. The van der Waals surface area contributed by atoms with Gasteiger partial charge in [0.25, 0.3) is 0 Å². The van der Waals surface area contributed by atoms with Crippen LogP contribution in [0.2, 0.25) is 0 Å². The largest absolute Gasteiger partial charge is 0.339 e. The minimum atomic E-state index is -0.357. The third-order valence-corrected chi connectivity index (χ3v) is 4.70. The van der Waals surface area contributed by atoms with Crippen molar-refractivity contribution in [1.82, 2.24) is 15.0 Å². The number of carbonyl (C=O) groups excluding carboxylic acids is 1. The number of nitrogens with one attached hydrogen (secondary N) is 1. The van der Waals surface area contributed by atoms with Crippen molar-refractivity contribution in [3.63, 3.8) is 0 Å². The zero-order valence-electron chi connectivity index (χ0n) is 14.9. The van der Waals surface area contributed by atoms with Crippen molar-refractivity contribution >= 4 is 11.7 Å². The normalized spacial score (nSPS) is 16.8. The lowest BCUT2D eigenvalue weighted by Crippen LogP contribution is -2.41. The number of anilines is 1. The Morgan fingerprint density at radius 1 is 1.07 bits per heavy atom. The van der Waals surface area contributed by atoms with Gasteiger partial charge < -0.3 is 14.7 Å². The van der Waals surface area contributed by atoms with Gasteiger partial charge in [0.1, 0.15) is 11.6 Å². The molecule has 0 aliphatic carbocycles. The molecule has 0 radical (unpaired) electrons. The number of benzene rings is 2. The van der Waals surface area contributed by atoms with Crippen LogP contribution in [0.1, 0.15) is 24.7 Å². The molecule has 1 saturated heterocycles. The summed E-state index contributed by atoms with van der Waals surface area (Å²) in [6.07, 6.45) is 1.63. The molecule has 3 aromatic rings. The number of likely N-dealkylation sites (tertiary alicyclic amines) is 1. The van der Waals surface area contributed by atoms with Crippen LogP contribution in [-0.2, 0) is 0 Å². The molecule has 144 valence electrons. The maximum atomic E-state index is 13.1. The highest BCUT2D eigenvalue weighted by atomic mass is 19.1. The fourth-order valence-electron chi connectivity index (χ4n) is 3.22. The number of urea groups is 1. The molecule has 28 heavy (non-hydrogen) atoms. The van der Waals surface area contributed by atoms with Gasteiger partial charge in [-0.1, -0.05) is 5.16 Å². The van der Waals surface area contributed by atoms with Gasteiger partial charge in [0.05, 0.1) is 5.92 Å². The zero-order valence-corrected chi connectivity index (χ0v) is 14.9. The minimum Gasteiger partial charge on any atom is -0.339 e. The van der Waals surface area contributed by atoms with Crippen LogP contribution >= 0.6 is 0 Å². The summed E-state index contributed by atoms with van der Waals surface area (Å²) in [7, 11) is 0. The quantitative estimate of drug-likeness (QED) is 0.725. The van der Waals surface area contributed by atoms with E-state index in [1.54, 1.807) is 17.0 Å². The Labute approximate surface area is 160 Å². The minimum absolute atomic E-state index is 0.0746. The zero-order chi connectivity index (χ0) is 19.5. The van der Waals surface area contributed by atoms with Gasteiger partial charge >= 0.3 is 6.03 Å². The molecule has 6 nitrogen and oxygen atoms in total. The number of aromatic nitrogens is 2. The summed E-state index contributed by atoms with van der Waals surface area (Å²) in [4.78, 5) is 18.6. The second-order valence-corrected chi connectivity index (χ2v) is 6.69. The first-order valence-corrected chi connectivity index (χ1v) is 8.99. The number of hydrogen-bond acceptors (Lipinski definition) is 4. The van der Waals surface area contributed by atoms with Crippen LogP contribution in [0.5, 0.6) is 0 Å². The van der Waals surface area contributed by atoms with Crippen molar-refractivity contribution in [3.05, 3.63) is 66.1 Å². The average Bonchev–Trinajstić information content (AvgIpc) is 3.21. The molecular formula is C20H18F2N4O2. The molecule has 2 heterocycles. The van der Waals surface area contributed by atoms with Gasteiger partial charge in [0.15, 0.2) is 0 Å². The predicted octanol–water partition coefficient (Wildman–Crippen LogP) is 4.43. The van der Waals surface area contributed by atoms with Crippen LogP contribution < -0.4 is 5.32 Å². The summed E-state index contributed by atoms with van der Waals surface area (Å²) in [6, 6.07) is 11.2. The highest BCUT2D eigenvalue weighted by Crippen LogP contribution is 2.28. The molecule has 1 fully saturated rings. The molecule has 2 amide bonds. The number of hydrogen-bond donors (Lipinski definition) is 1. The molecule has 8 heteroatoms. The Kier molecular flexibility index (Phi) is 5.01. The fraction of sp³-hybridized carbons (Fsp3) is 0.250. The highest BCUT2D eigenvalue weighted by molar-refractivity contribution is 5.89. The van der Waals surface area contributed by atoms with Crippen LogP contribution in [-0.4, -0.2) is 34.2 Å². The molecule has 2 aromatic carbocycles. The highest BCUT2D eigenvalue weighted by Gasteiger charge is 2.28. The number of nitrogens with zero attached hydrogens (tertiary/aromatic N) is 3. The van der Waals surface area contributed by atoms with E-state index in [1.807, 2.05) is 0 Å². The molecule has 1 unspecified atom stereocenters. The SMILES string of the molecule is O=C(Nc1ccc(F)cc1)N1CCCC(c2nc(-c3ccc(F)cc3)no2)C1. The smallest absolute Gasteiger partial charge is 0.321 e. The lowest BCUT2D eigenvalue weighted by molar-refractivity contribution is 0.184. The van der Waals surface area contributed by atoms with Crippen molar-refractivity contribution in [2.45, 2.75) is 18.8 Å². The predicted molar refractivity (Wildman–Crippen MR) is 98.7 cm³/mol. The van der Waals surface area contributed by atoms with Crippen LogP contribution in [0.25, 0.3) is 11.4 Å². The van der Waals surface area contributed by atoms with Gasteiger partial charge in [-0.2, -0.15) is 4.98 Å². The molecule has 1 N–H and O–H groups in total. The van der Waals surface area contributed by atoms with Gasteiger partial charge in [-0.25, -0.2) is 13.6 Å². The van der Waals surface area contributed by atoms with Crippen LogP contribution in [0.4, 0.5) is 19.3 Å². The summed E-state index contributed by atoms with van der Waals surface area (Å²) in [5.74, 6) is 0.0860. The van der Waals surface area contributed by atoms with E-state index in [-0.39, 0.29) is 23.6 Å². The number of halogens is 2. The molecule has 0 bridgehead atoms. The molecule has 1 aliphatic heterocycles. The molecule has 0 saturated carbocycles. The average molecular weight is 384 g/mol. The first kappa shape index (κ1) is 18.1. The van der Waals surface area contributed by atoms with E-state index in [1.165, 1.54) is 36.4 Å². The van der Waals surface area contributed by atoms with Crippen molar-refractivity contribution in [1.29, 1.82) is 0 Å². The Bertz CT molecular complexity index is 957. The topological polar surface area (TPSA) is 71.3 Å². The number of rotatable bonds is 3. The van der Waals surface area contributed by atoms with Crippen molar-refractivity contribution in [3.8, 4) is 11.4 Å². The van der Waals surface area contributed by atoms with E-state index in [2.05, 4.69) is 15.5 Å². The fourth-order valence-corrected chi connectivity index (χ4v) is 3.22. The third-order valence-electron chi connectivity index (χ3n) is 4.70. The first-order chi connectivity index (χ1) is 13.6. The summed E-state index contributed by atoms with van der Waals surface area (Å²) >= 11 is 0. The van der Waals surface area contributed by atoms with E-state index < -0.39 is 0 Å². The Morgan fingerprint density at radius 3 is 2.46 bits per heavy atom. The van der Waals surface area contributed by atoms with Crippen molar-refractivity contribution in [2.75, 3.05) is 18.4 Å². The molecular weight excluding hydrogens is 366 g/mol. The second kappa shape index (κ2) is 7.75. The second-order valence-electron chi connectivity index (χ2n) is 6.69. The number of carbonyl (C=O) groups is 1. The Hall–Kier alpha value is -3.29. The monoisotopic (exact) mass is 384 g/mol. The third kappa shape index (κ3) is 4.00. The van der Waals surface area contributed by atoms with Gasteiger partial charge in [-0.15, -0.1) is 0 Å². The lowest BCUT2D eigenvalue weighted by Gasteiger charge is -2.31. The van der Waals surface area contributed by atoms with Crippen LogP contribution in [0.3, 0.4) is 0 Å². The summed E-state index contributed by atoms with van der Waals surface area (Å²) in [5, 5.41) is 6.74. The van der Waals surface area contributed by atoms with Gasteiger partial charge in [-0.3, -0.25) is 0 Å².